The molecule has 1 aromatic carbocycles. The molecule has 112 valence electrons. The van der Waals surface area contributed by atoms with E-state index in [-0.39, 0.29) is 17.1 Å². The van der Waals surface area contributed by atoms with Crippen LogP contribution in [-0.2, 0) is 20.2 Å². The van der Waals surface area contributed by atoms with Gasteiger partial charge in [0, 0.05) is 7.05 Å². The molecule has 0 bridgehead atoms. The van der Waals surface area contributed by atoms with Gasteiger partial charge in [0.1, 0.15) is 10.1 Å². The van der Waals surface area contributed by atoms with Crippen molar-refractivity contribution in [2.45, 2.75) is 4.90 Å². The summed E-state index contributed by atoms with van der Waals surface area (Å²) < 4.78 is 63.3. The number of hydrogen-bond donors (Lipinski definition) is 0. The van der Waals surface area contributed by atoms with Crippen molar-refractivity contribution in [3.8, 4) is 0 Å². The second-order valence-corrected chi connectivity index (χ2v) is 6.68. The summed E-state index contributed by atoms with van der Waals surface area (Å²) in [6.07, 6.45) is 0. The van der Waals surface area contributed by atoms with E-state index in [1.165, 1.54) is 19.2 Å². The molecular weight excluding hydrogens is 310 g/mol. The van der Waals surface area contributed by atoms with E-state index in [1.54, 1.807) is 0 Å². The average molecular weight is 321 g/mol. The van der Waals surface area contributed by atoms with Gasteiger partial charge in [0.15, 0.2) is 0 Å². The van der Waals surface area contributed by atoms with Crippen LogP contribution in [-0.4, -0.2) is 50.3 Å². The Bertz CT molecular complexity index is 681. The largest absolute Gasteiger partial charge is 0.748 e. The summed E-state index contributed by atoms with van der Waals surface area (Å²) in [6.45, 7) is -0.123. The molecule has 1 aromatic rings. The van der Waals surface area contributed by atoms with E-state index >= 15 is 0 Å². The van der Waals surface area contributed by atoms with Crippen LogP contribution in [0.3, 0.4) is 0 Å². The lowest BCUT2D eigenvalue weighted by atomic mass is 10.3. The van der Waals surface area contributed by atoms with E-state index in [0.717, 1.165) is 17.1 Å². The molecule has 0 N–H and O–H groups in total. The molecule has 20 heavy (non-hydrogen) atoms. The van der Waals surface area contributed by atoms with Crippen LogP contribution in [0.4, 0.5) is 5.69 Å². The number of hydrogen-bond acceptors (Lipinski definition) is 8. The molecule has 0 amide bonds. The summed E-state index contributed by atoms with van der Waals surface area (Å²) in [6, 6.07) is 4.70. The fraction of sp³-hybridized carbons (Fsp3) is 0.333. The lowest BCUT2D eigenvalue weighted by Crippen LogP contribution is -2.20. The van der Waals surface area contributed by atoms with E-state index in [4.69, 9.17) is 0 Å². The van der Waals surface area contributed by atoms with Crippen molar-refractivity contribution < 1.29 is 25.9 Å². The molecule has 0 radical (unpaired) electrons. The van der Waals surface area contributed by atoms with Gasteiger partial charge in [-0.25, -0.2) is 16.8 Å². The average Bonchev–Trinajstić information content (AvgIpc) is 2.32. The van der Waals surface area contributed by atoms with Crippen LogP contribution in [0.15, 0.2) is 39.5 Å². The highest BCUT2D eigenvalue weighted by atomic mass is 32.2. The zero-order valence-corrected chi connectivity index (χ0v) is 12.0. The lowest BCUT2D eigenvalue weighted by molar-refractivity contribution is 0.345. The molecule has 0 aromatic heterocycles. The third kappa shape index (κ3) is 6.06. The number of nitrogens with zero attached hydrogens (tertiary/aromatic N) is 3. The van der Waals surface area contributed by atoms with E-state index < -0.39 is 26.0 Å². The standard InChI is InChI=1S/C9H13N3O6S2/c1-12(6-7-19(13,14)15)11-10-8-2-4-9(5-3-8)20(16,17)18/h2-5H,6-7H2,1H3,(H,13,14,15)(H,16,17,18)/p-2. The van der Waals surface area contributed by atoms with Crippen LogP contribution in [0.2, 0.25) is 0 Å². The Balaban J connectivity index is 2.67. The third-order valence-electron chi connectivity index (χ3n) is 2.10. The maximum Gasteiger partial charge on any atom is 0.124 e. The van der Waals surface area contributed by atoms with Crippen LogP contribution in [0.1, 0.15) is 0 Å². The quantitative estimate of drug-likeness (QED) is 0.409. The zero-order valence-electron chi connectivity index (χ0n) is 10.3. The molecule has 0 heterocycles. The van der Waals surface area contributed by atoms with Crippen LogP contribution in [0.5, 0.6) is 0 Å². The summed E-state index contributed by atoms with van der Waals surface area (Å²) in [5.41, 5.74) is 0.272. The van der Waals surface area contributed by atoms with Gasteiger partial charge in [0.2, 0.25) is 0 Å². The molecular formula is C9H11N3O6S2-2. The van der Waals surface area contributed by atoms with Crippen LogP contribution in [0, 0.1) is 0 Å². The predicted molar refractivity (Wildman–Crippen MR) is 66.1 cm³/mol. The lowest BCUT2D eigenvalue weighted by Gasteiger charge is -2.12. The summed E-state index contributed by atoms with van der Waals surface area (Å²) >= 11 is 0. The molecule has 0 unspecified atom stereocenters. The summed E-state index contributed by atoms with van der Waals surface area (Å²) in [5.74, 6) is -0.601. The molecule has 9 nitrogen and oxygen atoms in total. The van der Waals surface area contributed by atoms with Crippen molar-refractivity contribution in [1.29, 1.82) is 0 Å². The second-order valence-electron chi connectivity index (χ2n) is 3.78. The van der Waals surface area contributed by atoms with Crippen LogP contribution < -0.4 is 0 Å². The highest BCUT2D eigenvalue weighted by Gasteiger charge is 2.01. The predicted octanol–water partition coefficient (Wildman–Crippen LogP) is 0.0664. The van der Waals surface area contributed by atoms with E-state index in [2.05, 4.69) is 10.3 Å². The first-order valence-corrected chi connectivity index (χ1v) is 8.19. The van der Waals surface area contributed by atoms with Gasteiger partial charge in [-0.05, 0) is 24.3 Å². The Hall–Kier alpha value is -1.56. The smallest absolute Gasteiger partial charge is 0.124 e. The fourth-order valence-corrected chi connectivity index (χ4v) is 2.05. The monoisotopic (exact) mass is 321 g/mol. The Morgan fingerprint density at radius 3 is 2.10 bits per heavy atom. The Morgan fingerprint density at radius 2 is 1.65 bits per heavy atom. The van der Waals surface area contributed by atoms with E-state index in [1.807, 2.05) is 0 Å². The summed E-state index contributed by atoms with van der Waals surface area (Å²) in [7, 11) is -7.41. The summed E-state index contributed by atoms with van der Waals surface area (Å²) in [5, 5.41) is 8.45. The highest BCUT2D eigenvalue weighted by molar-refractivity contribution is 7.86. The maximum absolute atomic E-state index is 10.7. The van der Waals surface area contributed by atoms with Crippen molar-refractivity contribution in [1.82, 2.24) is 5.01 Å². The first-order valence-electron chi connectivity index (χ1n) is 5.20. The zero-order chi connectivity index (χ0) is 15.4. The van der Waals surface area contributed by atoms with Crippen molar-refractivity contribution >= 4 is 25.9 Å². The van der Waals surface area contributed by atoms with Gasteiger partial charge in [-0.2, -0.15) is 0 Å². The van der Waals surface area contributed by atoms with E-state index in [9.17, 15) is 25.9 Å². The first kappa shape index (κ1) is 16.5. The fourth-order valence-electron chi connectivity index (χ4n) is 1.10. The van der Waals surface area contributed by atoms with Gasteiger partial charge < -0.3 is 9.11 Å². The molecule has 0 atom stereocenters. The maximum atomic E-state index is 10.7. The molecule has 0 aliphatic heterocycles. The molecule has 0 saturated carbocycles. The topological polar surface area (TPSA) is 142 Å². The van der Waals surface area contributed by atoms with Gasteiger partial charge in [0.25, 0.3) is 0 Å². The molecule has 0 saturated heterocycles. The van der Waals surface area contributed by atoms with Crippen molar-refractivity contribution in [3.63, 3.8) is 0 Å². The van der Waals surface area contributed by atoms with Crippen molar-refractivity contribution in [2.75, 3.05) is 19.3 Å². The van der Waals surface area contributed by atoms with Gasteiger partial charge >= 0.3 is 0 Å². The Morgan fingerprint density at radius 1 is 1.10 bits per heavy atom. The molecule has 1 rings (SSSR count). The minimum absolute atomic E-state index is 0.123. The van der Waals surface area contributed by atoms with Crippen molar-refractivity contribution in [3.05, 3.63) is 24.3 Å². The summed E-state index contributed by atoms with van der Waals surface area (Å²) in [4.78, 5) is -0.387. The first-order chi connectivity index (χ1) is 9.08. The van der Waals surface area contributed by atoms with Crippen LogP contribution >= 0.6 is 0 Å². The normalized spacial score (nSPS) is 12.8. The number of benzene rings is 1. The minimum atomic E-state index is -4.51. The molecule has 0 aliphatic carbocycles. The Labute approximate surface area is 116 Å². The Kier molecular flexibility index (Phi) is 5.16. The van der Waals surface area contributed by atoms with Gasteiger partial charge in [-0.1, -0.05) is 5.22 Å². The van der Waals surface area contributed by atoms with E-state index in [0.29, 0.717) is 0 Å². The minimum Gasteiger partial charge on any atom is -0.748 e. The van der Waals surface area contributed by atoms with Gasteiger partial charge in [-0.15, -0.1) is 5.11 Å². The third-order valence-corrected chi connectivity index (χ3v) is 3.64. The van der Waals surface area contributed by atoms with Crippen LogP contribution in [0.25, 0.3) is 0 Å². The SMILES string of the molecule is CN(CCS(=O)(=O)[O-])N=Nc1ccc(S(=O)(=O)[O-])cc1. The number of rotatable bonds is 6. The highest BCUT2D eigenvalue weighted by Crippen LogP contribution is 2.16. The van der Waals surface area contributed by atoms with Crippen molar-refractivity contribution in [2.24, 2.45) is 10.3 Å². The van der Waals surface area contributed by atoms with Gasteiger partial charge in [-0.3, -0.25) is 5.01 Å². The second kappa shape index (κ2) is 6.26. The molecule has 0 fully saturated rings. The molecule has 11 heteroatoms. The molecule has 0 spiro atoms. The molecule has 0 aliphatic rings. The van der Waals surface area contributed by atoms with Gasteiger partial charge in [0.05, 0.1) is 33.0 Å².